The molecule has 3 nitrogen and oxygen atoms in total. The van der Waals surface area contributed by atoms with Gasteiger partial charge in [0.2, 0.25) is 0 Å². The second kappa shape index (κ2) is 6.48. The topological polar surface area (TPSA) is 40.5 Å². The molecule has 1 atom stereocenters. The minimum atomic E-state index is -0.755. The van der Waals surface area contributed by atoms with Gasteiger partial charge in [0, 0.05) is 17.1 Å². The zero-order chi connectivity index (χ0) is 13.8. The van der Waals surface area contributed by atoms with Crippen LogP contribution in [0.3, 0.4) is 0 Å². The van der Waals surface area contributed by atoms with E-state index in [4.69, 9.17) is 5.11 Å². The van der Waals surface area contributed by atoms with Crippen LogP contribution in [0.5, 0.6) is 0 Å². The Kier molecular flexibility index (Phi) is 4.93. The van der Waals surface area contributed by atoms with Crippen LogP contribution in [0.1, 0.15) is 31.2 Å². The van der Waals surface area contributed by atoms with E-state index in [1.165, 1.54) is 12.1 Å². The molecule has 1 saturated heterocycles. The number of hydrogen-bond donors (Lipinski definition) is 1. The summed E-state index contributed by atoms with van der Waals surface area (Å²) in [5.41, 5.74) is 0.999. The van der Waals surface area contributed by atoms with Crippen LogP contribution in [0, 0.1) is 5.82 Å². The Hall–Kier alpha value is -0.940. The summed E-state index contributed by atoms with van der Waals surface area (Å²) >= 11 is 3.36. The van der Waals surface area contributed by atoms with E-state index in [9.17, 15) is 9.18 Å². The van der Waals surface area contributed by atoms with Crippen molar-refractivity contribution < 1.29 is 14.3 Å². The number of likely N-dealkylation sites (tertiary alicyclic amines) is 1. The normalized spacial score (nSPS) is 20.4. The molecular weight excluding hydrogens is 313 g/mol. The third-order valence-electron chi connectivity index (χ3n) is 3.55. The van der Waals surface area contributed by atoms with Crippen LogP contribution in [-0.2, 0) is 11.3 Å². The Morgan fingerprint density at radius 1 is 1.47 bits per heavy atom. The molecule has 19 heavy (non-hydrogen) atoms. The van der Waals surface area contributed by atoms with Gasteiger partial charge in [-0.15, -0.1) is 0 Å². The molecule has 1 fully saturated rings. The van der Waals surface area contributed by atoms with Gasteiger partial charge in [0.05, 0.1) is 6.42 Å². The summed E-state index contributed by atoms with van der Waals surface area (Å²) in [6, 6.07) is 4.73. The van der Waals surface area contributed by atoms with Gasteiger partial charge in [0.1, 0.15) is 5.82 Å². The van der Waals surface area contributed by atoms with E-state index in [2.05, 4.69) is 20.8 Å². The minimum Gasteiger partial charge on any atom is -0.481 e. The first-order chi connectivity index (χ1) is 9.06. The fourth-order valence-electron chi connectivity index (χ4n) is 2.57. The van der Waals surface area contributed by atoms with Crippen LogP contribution >= 0.6 is 15.9 Å². The van der Waals surface area contributed by atoms with Crippen molar-refractivity contribution in [3.8, 4) is 0 Å². The van der Waals surface area contributed by atoms with Gasteiger partial charge in [-0.2, -0.15) is 0 Å². The molecule has 0 amide bonds. The second-order valence-corrected chi connectivity index (χ2v) is 5.81. The van der Waals surface area contributed by atoms with Gasteiger partial charge in [0.15, 0.2) is 0 Å². The first-order valence-corrected chi connectivity index (χ1v) is 7.25. The smallest absolute Gasteiger partial charge is 0.304 e. The number of nitrogens with zero attached hydrogens (tertiary/aromatic N) is 1. The van der Waals surface area contributed by atoms with Crippen molar-refractivity contribution in [2.75, 3.05) is 6.54 Å². The Morgan fingerprint density at radius 3 is 2.95 bits per heavy atom. The molecule has 0 radical (unpaired) electrons. The summed E-state index contributed by atoms with van der Waals surface area (Å²) in [6.07, 6.45) is 3.28. The van der Waals surface area contributed by atoms with Crippen LogP contribution in [-0.4, -0.2) is 28.6 Å². The third-order valence-corrected chi connectivity index (χ3v) is 4.29. The number of benzene rings is 1. The SMILES string of the molecule is O=C(O)CC1CCCCN1Cc1ccc(F)cc1Br. The van der Waals surface area contributed by atoms with Crippen molar-refractivity contribution in [1.29, 1.82) is 0 Å². The lowest BCUT2D eigenvalue weighted by Crippen LogP contribution is -2.40. The van der Waals surface area contributed by atoms with Gasteiger partial charge in [-0.1, -0.05) is 28.4 Å². The predicted octanol–water partition coefficient (Wildman–Crippen LogP) is 3.42. The molecule has 0 bridgehead atoms. The van der Waals surface area contributed by atoms with Crippen LogP contribution in [0.25, 0.3) is 0 Å². The molecule has 1 aromatic rings. The Morgan fingerprint density at radius 2 is 2.26 bits per heavy atom. The van der Waals surface area contributed by atoms with Crippen molar-refractivity contribution in [2.45, 2.75) is 38.3 Å². The number of carboxylic acids is 1. The molecule has 0 aliphatic carbocycles. The summed E-state index contributed by atoms with van der Waals surface area (Å²) in [7, 11) is 0. The summed E-state index contributed by atoms with van der Waals surface area (Å²) in [6.45, 7) is 1.57. The van der Waals surface area contributed by atoms with Gasteiger partial charge in [-0.3, -0.25) is 9.69 Å². The van der Waals surface area contributed by atoms with E-state index in [0.717, 1.165) is 35.8 Å². The van der Waals surface area contributed by atoms with Gasteiger partial charge < -0.3 is 5.11 Å². The summed E-state index contributed by atoms with van der Waals surface area (Å²) in [4.78, 5) is 13.1. The molecule has 1 aromatic carbocycles. The van der Waals surface area contributed by atoms with E-state index >= 15 is 0 Å². The molecular formula is C14H17BrFNO2. The number of carbonyl (C=O) groups is 1. The molecule has 1 aliphatic heterocycles. The quantitative estimate of drug-likeness (QED) is 0.920. The maximum atomic E-state index is 13.1. The highest BCUT2D eigenvalue weighted by Gasteiger charge is 2.25. The molecule has 0 saturated carbocycles. The van der Waals surface area contributed by atoms with Crippen LogP contribution in [0.2, 0.25) is 0 Å². The molecule has 0 spiro atoms. The van der Waals surface area contributed by atoms with E-state index < -0.39 is 5.97 Å². The standard InChI is InChI=1S/C14H17BrFNO2/c15-13-7-11(16)5-4-10(13)9-17-6-2-1-3-12(17)8-14(18)19/h4-5,7,12H,1-3,6,8-9H2,(H,18,19). The van der Waals surface area contributed by atoms with Crippen molar-refractivity contribution in [3.63, 3.8) is 0 Å². The lowest BCUT2D eigenvalue weighted by molar-refractivity contribution is -0.138. The van der Waals surface area contributed by atoms with Crippen LogP contribution in [0.4, 0.5) is 4.39 Å². The number of rotatable bonds is 4. The van der Waals surface area contributed by atoms with E-state index in [-0.39, 0.29) is 18.3 Å². The first kappa shape index (κ1) is 14.5. The molecule has 1 N–H and O–H groups in total. The zero-order valence-corrected chi connectivity index (χ0v) is 12.2. The van der Waals surface area contributed by atoms with Crippen molar-refractivity contribution in [1.82, 2.24) is 4.90 Å². The van der Waals surface area contributed by atoms with Crippen molar-refractivity contribution >= 4 is 21.9 Å². The maximum Gasteiger partial charge on any atom is 0.304 e. The van der Waals surface area contributed by atoms with Gasteiger partial charge >= 0.3 is 5.97 Å². The number of carboxylic acid groups (broad SMARTS) is 1. The summed E-state index contributed by atoms with van der Waals surface area (Å²) in [5, 5.41) is 8.96. The Balaban J connectivity index is 2.08. The number of hydrogen-bond acceptors (Lipinski definition) is 2. The summed E-state index contributed by atoms with van der Waals surface area (Å²) in [5.74, 6) is -1.02. The molecule has 0 aromatic heterocycles. The lowest BCUT2D eigenvalue weighted by Gasteiger charge is -2.35. The molecule has 1 aliphatic rings. The third kappa shape index (κ3) is 4.01. The van der Waals surface area contributed by atoms with E-state index in [0.29, 0.717) is 6.54 Å². The average Bonchev–Trinajstić information content (AvgIpc) is 2.34. The summed E-state index contributed by atoms with van der Waals surface area (Å²) < 4.78 is 13.8. The van der Waals surface area contributed by atoms with Crippen LogP contribution in [0.15, 0.2) is 22.7 Å². The zero-order valence-electron chi connectivity index (χ0n) is 10.6. The lowest BCUT2D eigenvalue weighted by atomic mass is 9.98. The number of halogens is 2. The van der Waals surface area contributed by atoms with Crippen molar-refractivity contribution in [2.24, 2.45) is 0 Å². The van der Waals surface area contributed by atoms with Gasteiger partial charge in [0.25, 0.3) is 0 Å². The highest BCUT2D eigenvalue weighted by atomic mass is 79.9. The molecule has 2 rings (SSSR count). The maximum absolute atomic E-state index is 13.1. The molecule has 1 unspecified atom stereocenters. The van der Waals surface area contributed by atoms with Gasteiger partial charge in [-0.25, -0.2) is 4.39 Å². The van der Waals surface area contributed by atoms with Crippen molar-refractivity contribution in [3.05, 3.63) is 34.1 Å². The highest BCUT2D eigenvalue weighted by Crippen LogP contribution is 2.25. The first-order valence-electron chi connectivity index (χ1n) is 6.46. The van der Waals surface area contributed by atoms with E-state index in [1.54, 1.807) is 6.07 Å². The second-order valence-electron chi connectivity index (χ2n) is 4.95. The van der Waals surface area contributed by atoms with Crippen LogP contribution < -0.4 is 0 Å². The Bertz CT molecular complexity index is 467. The largest absolute Gasteiger partial charge is 0.481 e. The van der Waals surface area contributed by atoms with E-state index in [1.807, 2.05) is 0 Å². The monoisotopic (exact) mass is 329 g/mol. The molecule has 5 heteroatoms. The fraction of sp³-hybridized carbons (Fsp3) is 0.500. The van der Waals surface area contributed by atoms with Gasteiger partial charge in [-0.05, 0) is 37.1 Å². The number of aliphatic carboxylic acids is 1. The number of piperidine rings is 1. The average molecular weight is 330 g/mol. The predicted molar refractivity (Wildman–Crippen MR) is 74.4 cm³/mol. The molecule has 104 valence electrons. The Labute approximate surface area is 120 Å². The highest BCUT2D eigenvalue weighted by molar-refractivity contribution is 9.10. The minimum absolute atomic E-state index is 0.0863. The fourth-order valence-corrected chi connectivity index (χ4v) is 3.05. The molecule has 1 heterocycles.